The topological polar surface area (TPSA) is 121 Å². The van der Waals surface area contributed by atoms with E-state index in [0.29, 0.717) is 16.1 Å². The Balaban J connectivity index is 2.01. The van der Waals surface area contributed by atoms with Crippen molar-refractivity contribution in [2.45, 2.75) is 11.8 Å². The SMILES string of the molecule is Cc1cc(Cl)cc2c(N=Nc3ccc(S(N)(=O)=O)cc3)c(O)[nH]c12. The number of sulfonamides is 1. The summed E-state index contributed by atoms with van der Waals surface area (Å²) in [7, 11) is -3.75. The van der Waals surface area contributed by atoms with E-state index in [2.05, 4.69) is 15.2 Å². The minimum absolute atomic E-state index is 0.0150. The molecule has 1 heterocycles. The predicted octanol–water partition coefficient (Wildman–Crippen LogP) is 3.90. The van der Waals surface area contributed by atoms with Gasteiger partial charge in [0.15, 0.2) is 5.69 Å². The highest BCUT2D eigenvalue weighted by molar-refractivity contribution is 7.89. The molecule has 0 atom stereocenters. The van der Waals surface area contributed by atoms with E-state index in [9.17, 15) is 13.5 Å². The minimum atomic E-state index is -3.75. The number of aromatic amines is 1. The number of fused-ring (bicyclic) bond motifs is 1. The van der Waals surface area contributed by atoms with Crippen molar-refractivity contribution < 1.29 is 13.5 Å². The van der Waals surface area contributed by atoms with E-state index in [1.165, 1.54) is 24.3 Å². The van der Waals surface area contributed by atoms with Crippen molar-refractivity contribution >= 4 is 43.9 Å². The second-order valence-electron chi connectivity index (χ2n) is 5.21. The first-order chi connectivity index (χ1) is 11.3. The number of hydrogen-bond donors (Lipinski definition) is 3. The third-order valence-corrected chi connectivity index (χ3v) is 4.60. The lowest BCUT2D eigenvalue weighted by atomic mass is 10.1. The highest BCUT2D eigenvalue weighted by Gasteiger charge is 2.13. The van der Waals surface area contributed by atoms with Crippen LogP contribution < -0.4 is 5.14 Å². The average molecular weight is 365 g/mol. The monoisotopic (exact) mass is 364 g/mol. The van der Waals surface area contributed by atoms with Gasteiger partial charge < -0.3 is 10.1 Å². The van der Waals surface area contributed by atoms with Crippen LogP contribution in [-0.4, -0.2) is 18.5 Å². The first-order valence-corrected chi connectivity index (χ1v) is 8.73. The number of aromatic hydroxyl groups is 1. The third kappa shape index (κ3) is 3.12. The molecule has 0 saturated carbocycles. The second-order valence-corrected chi connectivity index (χ2v) is 7.20. The molecule has 3 rings (SSSR count). The number of H-pyrrole nitrogens is 1. The highest BCUT2D eigenvalue weighted by Crippen LogP contribution is 2.39. The number of hydrogen-bond acceptors (Lipinski definition) is 5. The number of primary sulfonamides is 1. The molecule has 0 saturated heterocycles. The van der Waals surface area contributed by atoms with Crippen molar-refractivity contribution in [2.24, 2.45) is 15.4 Å². The fourth-order valence-electron chi connectivity index (χ4n) is 2.31. The Labute approximate surface area is 142 Å². The normalized spacial score (nSPS) is 12.3. The molecule has 4 N–H and O–H groups in total. The molecule has 9 heteroatoms. The zero-order valence-electron chi connectivity index (χ0n) is 12.5. The van der Waals surface area contributed by atoms with Crippen LogP contribution in [0.3, 0.4) is 0 Å². The molecule has 0 bridgehead atoms. The van der Waals surface area contributed by atoms with Gasteiger partial charge >= 0.3 is 0 Å². The summed E-state index contributed by atoms with van der Waals surface area (Å²) in [6, 6.07) is 9.05. The number of azo groups is 1. The van der Waals surface area contributed by atoms with Crippen LogP contribution >= 0.6 is 11.6 Å². The molecule has 24 heavy (non-hydrogen) atoms. The van der Waals surface area contributed by atoms with Gasteiger partial charge in [0.2, 0.25) is 15.9 Å². The van der Waals surface area contributed by atoms with Crippen LogP contribution in [0.1, 0.15) is 5.56 Å². The van der Waals surface area contributed by atoms with Crippen molar-refractivity contribution in [2.75, 3.05) is 0 Å². The zero-order chi connectivity index (χ0) is 17.5. The first-order valence-electron chi connectivity index (χ1n) is 6.81. The fraction of sp³-hybridized carbons (Fsp3) is 0.0667. The Hall–Kier alpha value is -2.42. The molecule has 0 aliphatic rings. The van der Waals surface area contributed by atoms with Gasteiger partial charge in [-0.05, 0) is 48.9 Å². The lowest BCUT2D eigenvalue weighted by molar-refractivity contribution is 0.459. The standard InChI is InChI=1S/C15H13ClN4O3S/c1-8-6-9(16)7-12-13(8)18-15(21)14(12)20-19-10-2-4-11(5-3-10)24(17,22)23/h2-7,18,21H,1H3,(H2,17,22,23). The molecule has 2 aromatic carbocycles. The van der Waals surface area contributed by atoms with Gasteiger partial charge in [-0.3, -0.25) is 0 Å². The Morgan fingerprint density at radius 2 is 1.83 bits per heavy atom. The number of nitrogens with zero attached hydrogens (tertiary/aromatic N) is 2. The maximum atomic E-state index is 11.2. The summed E-state index contributed by atoms with van der Waals surface area (Å²) in [5.41, 5.74) is 2.25. The maximum absolute atomic E-state index is 11.2. The van der Waals surface area contributed by atoms with E-state index in [1.54, 1.807) is 12.1 Å². The van der Waals surface area contributed by atoms with E-state index in [0.717, 1.165) is 11.1 Å². The number of nitrogens with two attached hydrogens (primary N) is 1. The van der Waals surface area contributed by atoms with Gasteiger partial charge in [0.05, 0.1) is 16.1 Å². The van der Waals surface area contributed by atoms with E-state index in [4.69, 9.17) is 16.7 Å². The van der Waals surface area contributed by atoms with Gasteiger partial charge in [0.1, 0.15) is 0 Å². The zero-order valence-corrected chi connectivity index (χ0v) is 14.1. The average Bonchev–Trinajstić information content (AvgIpc) is 2.81. The number of aromatic nitrogens is 1. The lowest BCUT2D eigenvalue weighted by Gasteiger charge is -1.98. The molecule has 1 aromatic heterocycles. The van der Waals surface area contributed by atoms with E-state index in [-0.39, 0.29) is 16.5 Å². The van der Waals surface area contributed by atoms with Gasteiger partial charge in [-0.25, -0.2) is 13.6 Å². The molecule has 3 aromatic rings. The summed E-state index contributed by atoms with van der Waals surface area (Å²) < 4.78 is 22.4. The minimum Gasteiger partial charge on any atom is -0.493 e. The molecule has 0 unspecified atom stereocenters. The Kier molecular flexibility index (Phi) is 4.04. The summed E-state index contributed by atoms with van der Waals surface area (Å²) in [5.74, 6) is -0.125. The van der Waals surface area contributed by atoms with Crippen molar-refractivity contribution in [1.29, 1.82) is 0 Å². The second kappa shape index (κ2) is 5.90. The van der Waals surface area contributed by atoms with Crippen LogP contribution in [0.15, 0.2) is 51.5 Å². The molecule has 0 amide bonds. The number of halogens is 1. The summed E-state index contributed by atoms with van der Waals surface area (Å²) in [5, 5.41) is 24.3. The summed E-state index contributed by atoms with van der Waals surface area (Å²) >= 11 is 6.05. The van der Waals surface area contributed by atoms with Crippen LogP contribution in [0.2, 0.25) is 5.02 Å². The lowest BCUT2D eigenvalue weighted by Crippen LogP contribution is -2.11. The van der Waals surface area contributed by atoms with Gasteiger partial charge in [0.25, 0.3) is 0 Å². The van der Waals surface area contributed by atoms with Crippen molar-refractivity contribution in [3.05, 3.63) is 47.0 Å². The van der Waals surface area contributed by atoms with Gasteiger partial charge in [-0.2, -0.15) is 5.11 Å². The Morgan fingerprint density at radius 3 is 2.46 bits per heavy atom. The molecule has 0 aliphatic heterocycles. The molecule has 0 spiro atoms. The maximum Gasteiger partial charge on any atom is 0.238 e. The molecule has 0 aliphatic carbocycles. The smallest absolute Gasteiger partial charge is 0.238 e. The van der Waals surface area contributed by atoms with E-state index < -0.39 is 10.0 Å². The van der Waals surface area contributed by atoms with Crippen molar-refractivity contribution in [3.63, 3.8) is 0 Å². The summed E-state index contributed by atoms with van der Waals surface area (Å²) in [6.07, 6.45) is 0. The van der Waals surface area contributed by atoms with Crippen LogP contribution in [0.4, 0.5) is 11.4 Å². The molecular formula is C15H13ClN4O3S. The molecule has 124 valence electrons. The van der Waals surface area contributed by atoms with Gasteiger partial charge in [0, 0.05) is 10.4 Å². The Bertz CT molecular complexity index is 1060. The number of aryl methyl sites for hydroxylation is 1. The molecule has 7 nitrogen and oxygen atoms in total. The molecular weight excluding hydrogens is 352 g/mol. The summed E-state index contributed by atoms with van der Waals surface area (Å²) in [4.78, 5) is 2.82. The van der Waals surface area contributed by atoms with Gasteiger partial charge in [-0.15, -0.1) is 5.11 Å². The number of benzene rings is 2. The van der Waals surface area contributed by atoms with Crippen LogP contribution in [-0.2, 0) is 10.0 Å². The predicted molar refractivity (Wildman–Crippen MR) is 91.7 cm³/mol. The Morgan fingerprint density at radius 1 is 1.17 bits per heavy atom. The fourth-order valence-corrected chi connectivity index (χ4v) is 3.10. The summed E-state index contributed by atoms with van der Waals surface area (Å²) in [6.45, 7) is 1.86. The number of rotatable bonds is 3. The largest absolute Gasteiger partial charge is 0.493 e. The van der Waals surface area contributed by atoms with Crippen molar-refractivity contribution in [3.8, 4) is 5.88 Å². The van der Waals surface area contributed by atoms with Crippen molar-refractivity contribution in [1.82, 2.24) is 4.98 Å². The van der Waals surface area contributed by atoms with Gasteiger partial charge in [-0.1, -0.05) is 11.6 Å². The third-order valence-electron chi connectivity index (χ3n) is 3.45. The van der Waals surface area contributed by atoms with E-state index in [1.807, 2.05) is 6.92 Å². The molecule has 0 radical (unpaired) electrons. The van der Waals surface area contributed by atoms with Crippen LogP contribution in [0, 0.1) is 6.92 Å². The van der Waals surface area contributed by atoms with Crippen LogP contribution in [0.25, 0.3) is 10.9 Å². The molecule has 0 fully saturated rings. The van der Waals surface area contributed by atoms with E-state index >= 15 is 0 Å². The quantitative estimate of drug-likeness (QED) is 0.611. The number of nitrogens with one attached hydrogen (secondary N) is 1. The van der Waals surface area contributed by atoms with Crippen LogP contribution in [0.5, 0.6) is 5.88 Å². The first kappa shape index (κ1) is 16.4. The highest BCUT2D eigenvalue weighted by atomic mass is 35.5.